The average Bonchev–Trinajstić information content (AvgIpc) is 2.22. The Morgan fingerprint density at radius 2 is 2.00 bits per heavy atom. The number of rotatable bonds is 4. The summed E-state index contributed by atoms with van der Waals surface area (Å²) in [5.41, 5.74) is 6.62. The zero-order chi connectivity index (χ0) is 11.1. The molecule has 0 amide bonds. The van der Waals surface area contributed by atoms with Gasteiger partial charge in [0, 0.05) is 32.7 Å². The number of nitrogens with zero attached hydrogens (tertiary/aromatic N) is 2. The van der Waals surface area contributed by atoms with Gasteiger partial charge < -0.3 is 10.6 Å². The third kappa shape index (κ3) is 4.32. The number of allylic oxidation sites excluding steroid dienone is 2. The first kappa shape index (κ1) is 12.0. The fraction of sp³-hybridized carbons (Fsp3) is 0.500. The van der Waals surface area contributed by atoms with Crippen molar-refractivity contribution in [2.24, 2.45) is 5.73 Å². The first-order valence-corrected chi connectivity index (χ1v) is 5.37. The van der Waals surface area contributed by atoms with E-state index in [0.29, 0.717) is 0 Å². The highest BCUT2D eigenvalue weighted by molar-refractivity contribution is 5.24. The predicted octanol–water partition coefficient (Wildman–Crippen LogP) is 0.819. The van der Waals surface area contributed by atoms with E-state index in [1.165, 1.54) is 5.57 Å². The highest BCUT2D eigenvalue weighted by atomic mass is 15.2. The van der Waals surface area contributed by atoms with Crippen LogP contribution in [0.25, 0.3) is 0 Å². The molecule has 1 aliphatic heterocycles. The summed E-state index contributed by atoms with van der Waals surface area (Å²) in [6.07, 6.45) is 7.36. The van der Waals surface area contributed by atoms with E-state index in [1.54, 1.807) is 6.20 Å². The van der Waals surface area contributed by atoms with Gasteiger partial charge in [0.25, 0.3) is 0 Å². The van der Waals surface area contributed by atoms with Crippen LogP contribution >= 0.6 is 0 Å². The summed E-state index contributed by atoms with van der Waals surface area (Å²) in [4.78, 5) is 4.79. The smallest absolute Gasteiger partial charge is 0.0235 e. The van der Waals surface area contributed by atoms with Crippen LogP contribution in [0.5, 0.6) is 0 Å². The summed E-state index contributed by atoms with van der Waals surface area (Å²) in [5, 5.41) is 0. The van der Waals surface area contributed by atoms with Gasteiger partial charge in [0.2, 0.25) is 0 Å². The summed E-state index contributed by atoms with van der Waals surface area (Å²) >= 11 is 0. The molecule has 1 heterocycles. The van der Waals surface area contributed by atoms with Crippen molar-refractivity contribution < 1.29 is 0 Å². The monoisotopic (exact) mass is 207 g/mol. The highest BCUT2D eigenvalue weighted by Gasteiger charge is 2.13. The van der Waals surface area contributed by atoms with Gasteiger partial charge in [0.05, 0.1) is 0 Å². The maximum atomic E-state index is 5.40. The second kappa shape index (κ2) is 6.43. The Hall–Kier alpha value is -1.06. The van der Waals surface area contributed by atoms with Crippen LogP contribution in [0.1, 0.15) is 0 Å². The number of likely N-dealkylation sites (N-methyl/N-ethyl adjacent to an activating group) is 1. The fourth-order valence-electron chi connectivity index (χ4n) is 1.70. The summed E-state index contributed by atoms with van der Waals surface area (Å²) in [5.74, 6) is 0. The molecule has 0 atom stereocenters. The number of nitrogens with two attached hydrogens (primary N) is 1. The molecule has 3 nitrogen and oxygen atoms in total. The van der Waals surface area contributed by atoms with Crippen LogP contribution in [0, 0.1) is 0 Å². The maximum Gasteiger partial charge on any atom is 0.0235 e. The molecule has 1 fully saturated rings. The Bertz CT molecular complexity index is 248. The van der Waals surface area contributed by atoms with E-state index in [0.717, 1.165) is 32.7 Å². The predicted molar refractivity (Wildman–Crippen MR) is 65.5 cm³/mol. The van der Waals surface area contributed by atoms with Gasteiger partial charge in [-0.3, -0.25) is 4.90 Å². The topological polar surface area (TPSA) is 32.5 Å². The first-order valence-electron chi connectivity index (χ1n) is 5.37. The Labute approximate surface area is 92.5 Å². The molecule has 0 aromatic heterocycles. The second-order valence-corrected chi connectivity index (χ2v) is 3.92. The van der Waals surface area contributed by atoms with Crippen molar-refractivity contribution >= 4 is 0 Å². The number of piperazine rings is 1. The minimum atomic E-state index is 0.966. The number of hydrogen-bond donors (Lipinski definition) is 1. The lowest BCUT2D eigenvalue weighted by molar-refractivity contribution is 0.165. The van der Waals surface area contributed by atoms with Crippen molar-refractivity contribution in [1.82, 2.24) is 9.80 Å². The molecule has 0 saturated carbocycles. The molecule has 0 radical (unpaired) electrons. The summed E-state index contributed by atoms with van der Waals surface area (Å²) < 4.78 is 0. The van der Waals surface area contributed by atoms with Crippen LogP contribution in [-0.4, -0.2) is 49.6 Å². The van der Waals surface area contributed by atoms with E-state index >= 15 is 0 Å². The lowest BCUT2D eigenvalue weighted by atomic mass is 10.2. The normalized spacial score (nSPS) is 21.0. The van der Waals surface area contributed by atoms with Crippen LogP contribution in [0.4, 0.5) is 0 Å². The van der Waals surface area contributed by atoms with E-state index < -0.39 is 0 Å². The van der Waals surface area contributed by atoms with E-state index in [9.17, 15) is 0 Å². The highest BCUT2D eigenvalue weighted by Crippen LogP contribution is 2.05. The van der Waals surface area contributed by atoms with Crippen molar-refractivity contribution in [2.45, 2.75) is 0 Å². The van der Waals surface area contributed by atoms with Gasteiger partial charge >= 0.3 is 0 Å². The molecule has 0 aromatic carbocycles. The minimum Gasteiger partial charge on any atom is -0.405 e. The molecule has 1 saturated heterocycles. The maximum absolute atomic E-state index is 5.40. The van der Waals surface area contributed by atoms with Gasteiger partial charge in [0.1, 0.15) is 0 Å². The lowest BCUT2D eigenvalue weighted by Crippen LogP contribution is -2.44. The van der Waals surface area contributed by atoms with E-state index in [4.69, 9.17) is 5.73 Å². The van der Waals surface area contributed by atoms with E-state index in [2.05, 4.69) is 23.4 Å². The average molecular weight is 207 g/mol. The van der Waals surface area contributed by atoms with Gasteiger partial charge in [-0.25, -0.2) is 0 Å². The molecule has 0 spiro atoms. The summed E-state index contributed by atoms with van der Waals surface area (Å²) in [6.45, 7) is 9.23. The Kier molecular flexibility index (Phi) is 5.15. The van der Waals surface area contributed by atoms with Gasteiger partial charge in [0.15, 0.2) is 0 Å². The fourth-order valence-corrected chi connectivity index (χ4v) is 1.70. The number of hydrogen-bond acceptors (Lipinski definition) is 3. The molecule has 0 unspecified atom stereocenters. The quantitative estimate of drug-likeness (QED) is 0.693. The van der Waals surface area contributed by atoms with Crippen LogP contribution in [0.2, 0.25) is 0 Å². The van der Waals surface area contributed by atoms with Crippen LogP contribution in [0.3, 0.4) is 0 Å². The molecule has 15 heavy (non-hydrogen) atoms. The molecule has 0 aliphatic carbocycles. The van der Waals surface area contributed by atoms with E-state index in [-0.39, 0.29) is 0 Å². The molecule has 84 valence electrons. The molecule has 1 rings (SSSR count). The van der Waals surface area contributed by atoms with Gasteiger partial charge in [-0.2, -0.15) is 0 Å². The van der Waals surface area contributed by atoms with Crippen molar-refractivity contribution in [3.63, 3.8) is 0 Å². The SMILES string of the molecule is C=C/C=C(\C=C/N)CN1CCN(C)CC1. The zero-order valence-corrected chi connectivity index (χ0v) is 9.52. The van der Waals surface area contributed by atoms with Crippen LogP contribution < -0.4 is 5.73 Å². The van der Waals surface area contributed by atoms with Gasteiger partial charge in [-0.05, 0) is 24.9 Å². The summed E-state index contributed by atoms with van der Waals surface area (Å²) in [7, 11) is 2.16. The van der Waals surface area contributed by atoms with Gasteiger partial charge in [-0.15, -0.1) is 0 Å². The third-order valence-corrected chi connectivity index (χ3v) is 2.64. The largest absolute Gasteiger partial charge is 0.405 e. The van der Waals surface area contributed by atoms with Crippen molar-refractivity contribution in [2.75, 3.05) is 39.8 Å². The second-order valence-electron chi connectivity index (χ2n) is 3.92. The van der Waals surface area contributed by atoms with Crippen molar-refractivity contribution in [3.05, 3.63) is 36.6 Å². The van der Waals surface area contributed by atoms with E-state index in [1.807, 2.05) is 18.2 Å². The molecule has 3 heteroatoms. The van der Waals surface area contributed by atoms with Crippen molar-refractivity contribution in [3.8, 4) is 0 Å². The van der Waals surface area contributed by atoms with Gasteiger partial charge in [-0.1, -0.05) is 18.7 Å². The molecule has 1 aliphatic rings. The van der Waals surface area contributed by atoms with Crippen molar-refractivity contribution in [1.29, 1.82) is 0 Å². The van der Waals surface area contributed by atoms with Crippen LogP contribution in [-0.2, 0) is 0 Å². The molecular weight excluding hydrogens is 186 g/mol. The molecule has 0 bridgehead atoms. The lowest BCUT2D eigenvalue weighted by Gasteiger charge is -2.32. The summed E-state index contributed by atoms with van der Waals surface area (Å²) in [6, 6.07) is 0. The van der Waals surface area contributed by atoms with Crippen LogP contribution in [0.15, 0.2) is 36.6 Å². The third-order valence-electron chi connectivity index (χ3n) is 2.64. The standard InChI is InChI=1S/C12H21N3/c1-3-4-12(5-6-13)11-15-9-7-14(2)8-10-15/h3-6H,1,7-11,13H2,2H3/b6-5-,12-4+. The first-order chi connectivity index (χ1) is 7.26. The molecular formula is C12H21N3. The minimum absolute atomic E-state index is 0.966. The Morgan fingerprint density at radius 3 is 2.53 bits per heavy atom. The Balaban J connectivity index is 2.44. The molecule has 2 N–H and O–H groups in total. The zero-order valence-electron chi connectivity index (χ0n) is 9.52. The Morgan fingerprint density at radius 1 is 1.33 bits per heavy atom. The molecule has 0 aromatic rings.